The number of carbonyl (C=O) groups is 1. The lowest BCUT2D eigenvalue weighted by molar-refractivity contribution is -0.357. The number of oxazole rings is 1. The summed E-state index contributed by atoms with van der Waals surface area (Å²) < 4.78 is 65.2. The number of carbonyl (C=O) groups excluding carboxylic acids is 1. The SMILES string of the molecule is O=C(COC1CC(OC(F)(F)F)C1)NC12CC(c3ncc(-c4ccc(Cl)c(F)c4)o3)(C1)C2. The molecular weight excluding hydrogens is 456 g/mol. The molecule has 2 aromatic rings. The number of alkyl halides is 3. The van der Waals surface area contributed by atoms with E-state index in [0.29, 0.717) is 36.5 Å². The van der Waals surface area contributed by atoms with Gasteiger partial charge in [-0.2, -0.15) is 0 Å². The molecule has 32 heavy (non-hydrogen) atoms. The minimum Gasteiger partial charge on any atom is -0.440 e. The Morgan fingerprint density at radius 1 is 1.25 bits per heavy atom. The molecule has 0 aliphatic heterocycles. The highest BCUT2D eigenvalue weighted by Gasteiger charge is 2.71. The van der Waals surface area contributed by atoms with E-state index in [9.17, 15) is 22.4 Å². The summed E-state index contributed by atoms with van der Waals surface area (Å²) in [7, 11) is 0. The van der Waals surface area contributed by atoms with Crippen molar-refractivity contribution in [3.8, 4) is 11.3 Å². The van der Waals surface area contributed by atoms with E-state index < -0.39 is 24.4 Å². The first-order valence-corrected chi connectivity index (χ1v) is 10.5. The zero-order chi connectivity index (χ0) is 22.7. The van der Waals surface area contributed by atoms with Crippen LogP contribution in [0.1, 0.15) is 38.0 Å². The summed E-state index contributed by atoms with van der Waals surface area (Å²) in [4.78, 5) is 16.5. The van der Waals surface area contributed by atoms with Crippen LogP contribution in [0.15, 0.2) is 28.8 Å². The lowest BCUT2D eigenvalue weighted by atomic mass is 9.39. The van der Waals surface area contributed by atoms with Crippen LogP contribution in [0.25, 0.3) is 11.3 Å². The number of ether oxygens (including phenoxy) is 2. The average molecular weight is 475 g/mol. The van der Waals surface area contributed by atoms with Crippen molar-refractivity contribution in [2.45, 2.75) is 61.6 Å². The monoisotopic (exact) mass is 474 g/mol. The van der Waals surface area contributed by atoms with Crippen LogP contribution in [0, 0.1) is 5.82 Å². The fourth-order valence-electron chi connectivity index (χ4n) is 4.91. The van der Waals surface area contributed by atoms with Gasteiger partial charge in [-0.1, -0.05) is 11.6 Å². The molecule has 172 valence electrons. The molecule has 0 spiro atoms. The first-order chi connectivity index (χ1) is 15.0. The van der Waals surface area contributed by atoms with Gasteiger partial charge >= 0.3 is 6.36 Å². The summed E-state index contributed by atoms with van der Waals surface area (Å²) in [5, 5.41) is 2.98. The fraction of sp³-hybridized carbons (Fsp3) is 0.524. The molecule has 1 N–H and O–H groups in total. The number of hydrogen-bond acceptors (Lipinski definition) is 5. The molecule has 4 aliphatic rings. The van der Waals surface area contributed by atoms with Gasteiger partial charge in [0.15, 0.2) is 5.76 Å². The Morgan fingerprint density at radius 3 is 2.62 bits per heavy atom. The zero-order valence-corrected chi connectivity index (χ0v) is 17.4. The van der Waals surface area contributed by atoms with E-state index in [1.54, 1.807) is 12.3 Å². The van der Waals surface area contributed by atoms with Crippen LogP contribution in [0.4, 0.5) is 17.6 Å². The van der Waals surface area contributed by atoms with Crippen LogP contribution in [-0.4, -0.2) is 41.6 Å². The van der Waals surface area contributed by atoms with Gasteiger partial charge in [-0.25, -0.2) is 9.37 Å². The average Bonchev–Trinajstić information content (AvgIpc) is 3.10. The Balaban J connectivity index is 1.08. The van der Waals surface area contributed by atoms with Crippen molar-refractivity contribution < 1.29 is 36.2 Å². The first-order valence-electron chi connectivity index (χ1n) is 10.1. The van der Waals surface area contributed by atoms with Crippen LogP contribution in [0.3, 0.4) is 0 Å². The minimum atomic E-state index is -4.65. The van der Waals surface area contributed by atoms with Crippen molar-refractivity contribution in [1.29, 1.82) is 0 Å². The molecule has 1 aromatic carbocycles. The van der Waals surface area contributed by atoms with Crippen LogP contribution in [0.2, 0.25) is 5.02 Å². The van der Waals surface area contributed by atoms with Crippen LogP contribution < -0.4 is 5.32 Å². The largest absolute Gasteiger partial charge is 0.522 e. The molecule has 6 rings (SSSR count). The van der Waals surface area contributed by atoms with Gasteiger partial charge in [-0.3, -0.25) is 9.53 Å². The Kier molecular flexibility index (Phi) is 5.03. The number of halogens is 5. The van der Waals surface area contributed by atoms with Crippen molar-refractivity contribution >= 4 is 17.5 Å². The van der Waals surface area contributed by atoms with E-state index >= 15 is 0 Å². The highest BCUT2D eigenvalue weighted by atomic mass is 35.5. The van der Waals surface area contributed by atoms with Crippen LogP contribution >= 0.6 is 11.6 Å². The molecule has 0 radical (unpaired) electrons. The number of nitrogens with zero attached hydrogens (tertiary/aromatic N) is 1. The van der Waals surface area contributed by atoms with Crippen molar-refractivity contribution in [3.63, 3.8) is 0 Å². The van der Waals surface area contributed by atoms with Gasteiger partial charge in [0.1, 0.15) is 12.4 Å². The number of rotatable bonds is 7. The molecule has 4 saturated carbocycles. The number of nitrogens with one attached hydrogen (secondary N) is 1. The van der Waals surface area contributed by atoms with Crippen molar-refractivity contribution in [2.75, 3.05) is 6.61 Å². The van der Waals surface area contributed by atoms with Crippen LogP contribution in [0.5, 0.6) is 0 Å². The predicted molar refractivity (Wildman–Crippen MR) is 103 cm³/mol. The third kappa shape index (κ3) is 3.99. The third-order valence-corrected chi connectivity index (χ3v) is 6.71. The smallest absolute Gasteiger partial charge is 0.440 e. The highest BCUT2D eigenvalue weighted by molar-refractivity contribution is 6.30. The number of aromatic nitrogens is 1. The summed E-state index contributed by atoms with van der Waals surface area (Å²) in [5.74, 6) is 0.158. The lowest BCUT2D eigenvalue weighted by Gasteiger charge is -2.68. The molecule has 1 heterocycles. The molecular formula is C21H19ClF4N2O4. The first kappa shape index (κ1) is 21.7. The second-order valence-electron chi connectivity index (χ2n) is 8.89. The van der Waals surface area contributed by atoms with Crippen molar-refractivity contribution in [3.05, 3.63) is 41.1 Å². The quantitative estimate of drug-likeness (QED) is 0.598. The Labute approximate surface area is 185 Å². The molecule has 4 fully saturated rings. The minimum absolute atomic E-state index is 0.0290. The molecule has 2 bridgehead atoms. The van der Waals surface area contributed by atoms with Gasteiger partial charge in [0.05, 0.1) is 28.8 Å². The van der Waals surface area contributed by atoms with Gasteiger partial charge in [-0.15, -0.1) is 13.2 Å². The number of hydrogen-bond donors (Lipinski definition) is 1. The maximum absolute atomic E-state index is 13.7. The summed E-state index contributed by atoms with van der Waals surface area (Å²) in [6, 6.07) is 4.39. The van der Waals surface area contributed by atoms with Gasteiger partial charge in [-0.05, 0) is 37.5 Å². The van der Waals surface area contributed by atoms with Crippen molar-refractivity contribution in [2.24, 2.45) is 0 Å². The fourth-order valence-corrected chi connectivity index (χ4v) is 5.03. The zero-order valence-electron chi connectivity index (χ0n) is 16.7. The Morgan fingerprint density at radius 2 is 1.97 bits per heavy atom. The molecule has 4 aliphatic carbocycles. The Hall–Kier alpha value is -2.17. The molecule has 11 heteroatoms. The summed E-state index contributed by atoms with van der Waals surface area (Å²) in [6.07, 6.45) is -2.17. The molecule has 6 nitrogen and oxygen atoms in total. The molecule has 1 aromatic heterocycles. The Bertz CT molecular complexity index is 1030. The number of benzene rings is 1. The van der Waals surface area contributed by atoms with E-state index in [1.807, 2.05) is 0 Å². The summed E-state index contributed by atoms with van der Waals surface area (Å²) >= 11 is 5.71. The van der Waals surface area contributed by atoms with Gasteiger partial charge in [0.25, 0.3) is 0 Å². The van der Waals surface area contributed by atoms with E-state index in [0.717, 1.165) is 0 Å². The lowest BCUT2D eigenvalue weighted by Crippen LogP contribution is -2.77. The van der Waals surface area contributed by atoms with E-state index in [1.165, 1.54) is 12.1 Å². The standard InChI is InChI=1S/C21H19ClF4N2O4/c22-14-2-1-11(3-15(14)23)16-6-27-18(31-16)19-8-20(9-19,10-19)28-17(29)7-30-12-4-13(5-12)32-21(24,25)26/h1-3,6,12-13H,4-5,7-10H2,(H,28,29). The van der Waals surface area contributed by atoms with Gasteiger partial charge in [0, 0.05) is 23.9 Å². The molecule has 0 saturated heterocycles. The van der Waals surface area contributed by atoms with Gasteiger partial charge < -0.3 is 14.5 Å². The molecule has 0 unspecified atom stereocenters. The van der Waals surface area contributed by atoms with E-state index in [2.05, 4.69) is 15.0 Å². The van der Waals surface area contributed by atoms with Gasteiger partial charge in [0.2, 0.25) is 11.8 Å². The second kappa shape index (κ2) is 7.43. The van der Waals surface area contributed by atoms with E-state index in [-0.39, 0.29) is 41.3 Å². The predicted octanol–water partition coefficient (Wildman–Crippen LogP) is 4.51. The van der Waals surface area contributed by atoms with Crippen LogP contribution in [-0.2, 0) is 19.7 Å². The number of amides is 1. The molecule has 0 atom stereocenters. The summed E-state index contributed by atoms with van der Waals surface area (Å²) in [6.45, 7) is -0.205. The van der Waals surface area contributed by atoms with E-state index in [4.69, 9.17) is 20.8 Å². The maximum Gasteiger partial charge on any atom is 0.522 e. The maximum atomic E-state index is 13.7. The van der Waals surface area contributed by atoms with Crippen molar-refractivity contribution in [1.82, 2.24) is 10.3 Å². The second-order valence-corrected chi connectivity index (χ2v) is 9.29. The highest BCUT2D eigenvalue weighted by Crippen LogP contribution is 2.67. The third-order valence-electron chi connectivity index (χ3n) is 6.40. The molecule has 1 amide bonds. The normalized spacial score (nSPS) is 30.8. The topological polar surface area (TPSA) is 73.6 Å². The summed E-state index contributed by atoms with van der Waals surface area (Å²) in [5.41, 5.74) is -0.0347.